The highest BCUT2D eigenvalue weighted by Gasteiger charge is 1.51. The summed E-state index contributed by atoms with van der Waals surface area (Å²) in [5.74, 6) is 0. The molecular formula is HCl2N3. The van der Waals surface area contributed by atoms with Gasteiger partial charge in [0, 0.05) is 11.8 Å². The average Bonchev–Trinajstić information content (AvgIpc) is 1.41. The van der Waals surface area contributed by atoms with Gasteiger partial charge in [0.1, 0.15) is 0 Å². The molecule has 0 aliphatic carbocycles. The first-order chi connectivity index (χ1) is 2.41. The topological polar surface area (TPSA) is 36.8 Å². The molecule has 0 aromatic carbocycles. The lowest BCUT2D eigenvalue weighted by Gasteiger charge is -1.67. The van der Waals surface area contributed by atoms with E-state index >= 15 is 0 Å². The largest absolute Gasteiger partial charge is 0.199 e. The van der Waals surface area contributed by atoms with Crippen LogP contribution in [0.15, 0.2) is 9.86 Å². The van der Waals surface area contributed by atoms with Crippen LogP contribution in [0.2, 0.25) is 0 Å². The van der Waals surface area contributed by atoms with Crippen molar-refractivity contribution in [1.82, 2.24) is 4.94 Å². The van der Waals surface area contributed by atoms with Crippen LogP contribution in [0, 0.1) is 0 Å². The molecule has 0 heterocycles. The fourth-order valence-electron chi connectivity index (χ4n) is 0.0143. The molecule has 5 heteroatoms. The van der Waals surface area contributed by atoms with Gasteiger partial charge in [-0.15, -0.1) is 0 Å². The molecule has 0 aromatic rings. The Bertz CT molecular complexity index is 31.9. The highest BCUT2D eigenvalue weighted by molar-refractivity contribution is 6.15. The first-order valence-corrected chi connectivity index (χ1v) is 1.50. The van der Waals surface area contributed by atoms with Gasteiger partial charge in [-0.3, -0.25) is 0 Å². The molecule has 0 rings (SSSR count). The van der Waals surface area contributed by atoms with Crippen molar-refractivity contribution in [3.63, 3.8) is 0 Å². The van der Waals surface area contributed by atoms with E-state index in [9.17, 15) is 0 Å². The molecule has 0 aliphatic heterocycles. The fraction of sp³-hybridized carbons (Fsp3) is 0. The van der Waals surface area contributed by atoms with Crippen molar-refractivity contribution >= 4 is 23.6 Å². The molecule has 0 bridgehead atoms. The maximum Gasteiger partial charge on any atom is 0.0621 e. The summed E-state index contributed by atoms with van der Waals surface area (Å²) in [6, 6.07) is 0. The number of halogens is 2. The minimum atomic E-state index is 1.82. The summed E-state index contributed by atoms with van der Waals surface area (Å²) in [7, 11) is 0. The lowest BCUT2D eigenvalue weighted by molar-refractivity contribution is 0.994. The van der Waals surface area contributed by atoms with E-state index in [4.69, 9.17) is 11.8 Å². The van der Waals surface area contributed by atoms with Crippen molar-refractivity contribution in [2.75, 3.05) is 0 Å². The molecular weight excluding hydrogens is 113 g/mol. The molecule has 0 aromatic heterocycles. The first-order valence-electron chi connectivity index (χ1n) is 0.782. The Kier molecular flexibility index (Phi) is 3.96. The Hall–Kier alpha value is -0.0200. The first kappa shape index (κ1) is 4.98. The zero-order valence-corrected chi connectivity index (χ0v) is 3.66. The third kappa shape index (κ3) is 3.98. The lowest BCUT2D eigenvalue weighted by Crippen LogP contribution is -1.74. The lowest BCUT2D eigenvalue weighted by atomic mass is 12.8. The van der Waals surface area contributed by atoms with Gasteiger partial charge in [-0.2, -0.15) is 4.94 Å². The molecule has 0 unspecified atom stereocenters. The second-order valence-corrected chi connectivity index (χ2v) is 0.580. The highest BCUT2D eigenvalue weighted by atomic mass is 35.5. The minimum Gasteiger partial charge on any atom is -0.199 e. The van der Waals surface area contributed by atoms with Crippen molar-refractivity contribution in [1.29, 1.82) is 0 Å². The van der Waals surface area contributed by atoms with Crippen LogP contribution >= 0.6 is 23.6 Å². The Balaban J connectivity index is 2.62. The number of hydrogen-bond donors (Lipinski definition) is 1. The zero-order valence-electron chi connectivity index (χ0n) is 2.15. The molecule has 1 N–H and O–H groups in total. The molecule has 0 spiro atoms. The maximum absolute atomic E-state index is 4.71. The Labute approximate surface area is 39.2 Å². The van der Waals surface area contributed by atoms with E-state index in [1.54, 1.807) is 0 Å². The predicted octanol–water partition coefficient (Wildman–Crippen LogP) is 1.25. The summed E-state index contributed by atoms with van der Waals surface area (Å²) in [5.41, 5.74) is 0. The highest BCUT2D eigenvalue weighted by Crippen LogP contribution is 1.73. The summed E-state index contributed by atoms with van der Waals surface area (Å²) in [4.78, 5) is 1.82. The molecule has 3 nitrogen and oxygen atoms in total. The standard InChI is InChI=1S/Cl2HN3/c1-3-5-4-2/h(H,3,4). The fourth-order valence-corrected chi connectivity index (χ4v) is 0.129. The smallest absolute Gasteiger partial charge is 0.0621 e. The quantitative estimate of drug-likeness (QED) is 0.311. The number of hydrogen-bond acceptors (Lipinski definition) is 2. The monoisotopic (exact) mass is 113 g/mol. The molecule has 0 amide bonds. The van der Waals surface area contributed by atoms with E-state index in [-0.39, 0.29) is 0 Å². The van der Waals surface area contributed by atoms with Crippen LogP contribution in [-0.4, -0.2) is 0 Å². The van der Waals surface area contributed by atoms with Crippen LogP contribution in [0.3, 0.4) is 0 Å². The molecule has 0 atom stereocenters. The van der Waals surface area contributed by atoms with Crippen LogP contribution in [0.5, 0.6) is 0 Å². The molecule has 0 aliphatic rings. The van der Waals surface area contributed by atoms with Crippen LogP contribution in [-0.2, 0) is 0 Å². The Morgan fingerprint density at radius 3 is 2.20 bits per heavy atom. The van der Waals surface area contributed by atoms with Crippen LogP contribution in [0.25, 0.3) is 0 Å². The summed E-state index contributed by atoms with van der Waals surface area (Å²) in [5, 5.41) is 2.88. The summed E-state index contributed by atoms with van der Waals surface area (Å²) in [6.07, 6.45) is 0. The van der Waals surface area contributed by atoms with Crippen molar-refractivity contribution in [2.45, 2.75) is 0 Å². The molecule has 0 radical (unpaired) electrons. The van der Waals surface area contributed by atoms with Crippen molar-refractivity contribution in [2.24, 2.45) is 9.86 Å². The maximum atomic E-state index is 4.71. The van der Waals surface area contributed by atoms with Gasteiger partial charge < -0.3 is 0 Å². The summed E-state index contributed by atoms with van der Waals surface area (Å²) >= 11 is 9.32. The predicted molar refractivity (Wildman–Crippen MR) is 19.7 cm³/mol. The summed E-state index contributed by atoms with van der Waals surface area (Å²) in [6.45, 7) is 0. The van der Waals surface area contributed by atoms with Gasteiger partial charge >= 0.3 is 0 Å². The van der Waals surface area contributed by atoms with Gasteiger partial charge in [-0.25, -0.2) is 0 Å². The van der Waals surface area contributed by atoms with Crippen molar-refractivity contribution in [3.05, 3.63) is 0 Å². The molecule has 0 fully saturated rings. The van der Waals surface area contributed by atoms with E-state index in [0.717, 1.165) is 0 Å². The average molecular weight is 114 g/mol. The van der Waals surface area contributed by atoms with E-state index in [1.165, 1.54) is 0 Å². The number of nitrogens with one attached hydrogen (secondary N) is 1. The third-order valence-electron chi connectivity index (χ3n) is 0.0756. The molecule has 0 saturated heterocycles. The SMILES string of the molecule is Cl/N=N\NCl. The van der Waals surface area contributed by atoms with Crippen LogP contribution < -0.4 is 4.94 Å². The van der Waals surface area contributed by atoms with Crippen LogP contribution in [0.1, 0.15) is 0 Å². The summed E-state index contributed by atoms with van der Waals surface area (Å²) < 4.78 is 2.71. The zero-order chi connectivity index (χ0) is 4.12. The second-order valence-electron chi connectivity index (χ2n) is 0.260. The van der Waals surface area contributed by atoms with Gasteiger partial charge in [0.25, 0.3) is 0 Å². The molecule has 30 valence electrons. The van der Waals surface area contributed by atoms with E-state index < -0.39 is 0 Å². The van der Waals surface area contributed by atoms with Gasteiger partial charge in [-0.1, -0.05) is 4.63 Å². The number of rotatable bonds is 1. The van der Waals surface area contributed by atoms with E-state index in [0.29, 0.717) is 0 Å². The van der Waals surface area contributed by atoms with Crippen molar-refractivity contribution in [3.8, 4) is 0 Å². The van der Waals surface area contributed by atoms with Gasteiger partial charge in [0.15, 0.2) is 0 Å². The van der Waals surface area contributed by atoms with E-state index in [2.05, 4.69) is 21.6 Å². The van der Waals surface area contributed by atoms with E-state index in [1.807, 2.05) is 4.94 Å². The van der Waals surface area contributed by atoms with Gasteiger partial charge in [-0.05, 0) is 5.22 Å². The van der Waals surface area contributed by atoms with Gasteiger partial charge in [0.05, 0.1) is 11.8 Å². The van der Waals surface area contributed by atoms with Gasteiger partial charge in [0.2, 0.25) is 0 Å². The molecule has 5 heavy (non-hydrogen) atoms. The second kappa shape index (κ2) is 3.98. The minimum absolute atomic E-state index is 1.82. The molecule has 0 saturated carbocycles. The van der Waals surface area contributed by atoms with Crippen LogP contribution in [0.4, 0.5) is 0 Å². The normalized spacial score (nSPS) is 9.20. The van der Waals surface area contributed by atoms with Crippen molar-refractivity contribution < 1.29 is 0 Å². The number of nitrogens with zero attached hydrogens (tertiary/aromatic N) is 2. The Morgan fingerprint density at radius 2 is 2.20 bits per heavy atom. The third-order valence-corrected chi connectivity index (χ3v) is 0.227. The Morgan fingerprint density at radius 1 is 1.60 bits per heavy atom.